The highest BCUT2D eigenvalue weighted by molar-refractivity contribution is 8.01. The van der Waals surface area contributed by atoms with Crippen LogP contribution in [0.5, 0.6) is 5.75 Å². The molecule has 108 valence electrons. The first kappa shape index (κ1) is 14.4. The van der Waals surface area contributed by atoms with Crippen molar-refractivity contribution in [1.82, 2.24) is 4.98 Å². The summed E-state index contributed by atoms with van der Waals surface area (Å²) < 4.78 is 7.65. The molecule has 2 N–H and O–H groups in total. The first-order valence-electron chi connectivity index (χ1n) is 6.65. The van der Waals surface area contributed by atoms with Gasteiger partial charge in [-0.25, -0.2) is 4.98 Å². The Bertz CT molecular complexity index is 735. The summed E-state index contributed by atoms with van der Waals surface area (Å²) in [6, 6.07) is 14.1. The van der Waals surface area contributed by atoms with E-state index < -0.39 is 0 Å². The summed E-state index contributed by atoms with van der Waals surface area (Å²) >= 11 is 3.34. The van der Waals surface area contributed by atoms with Crippen LogP contribution in [0.1, 0.15) is 18.5 Å². The summed E-state index contributed by atoms with van der Waals surface area (Å²) in [6.07, 6.45) is 0. The Hall–Kier alpha value is -1.56. The van der Waals surface area contributed by atoms with Gasteiger partial charge < -0.3 is 10.5 Å². The molecule has 3 nitrogen and oxygen atoms in total. The molecule has 0 saturated carbocycles. The van der Waals surface area contributed by atoms with Gasteiger partial charge in [0.1, 0.15) is 5.75 Å². The predicted octanol–water partition coefficient (Wildman–Crippen LogP) is 4.48. The monoisotopic (exact) mass is 316 g/mol. The Morgan fingerprint density at radius 2 is 2.00 bits per heavy atom. The summed E-state index contributed by atoms with van der Waals surface area (Å²) in [7, 11) is 1.67. The second-order valence-corrected chi connectivity index (χ2v) is 7.03. The van der Waals surface area contributed by atoms with E-state index in [1.165, 1.54) is 4.70 Å². The van der Waals surface area contributed by atoms with Crippen LogP contribution in [-0.4, -0.2) is 12.1 Å². The molecule has 0 aliphatic rings. The van der Waals surface area contributed by atoms with E-state index in [0.717, 1.165) is 26.1 Å². The minimum absolute atomic E-state index is 0.0852. The number of hydrogen-bond donors (Lipinski definition) is 1. The minimum atomic E-state index is -0.0852. The lowest BCUT2D eigenvalue weighted by molar-refractivity contribution is 0.405. The molecule has 0 bridgehead atoms. The second-order valence-electron chi connectivity index (χ2n) is 4.71. The van der Waals surface area contributed by atoms with Crippen LogP contribution in [0.3, 0.4) is 0 Å². The van der Waals surface area contributed by atoms with E-state index in [0.29, 0.717) is 0 Å². The van der Waals surface area contributed by atoms with E-state index in [1.54, 1.807) is 30.2 Å². The van der Waals surface area contributed by atoms with Crippen LogP contribution in [-0.2, 0) is 0 Å². The standard InChI is InChI=1S/C16H16N2OS2/c1-10(17)15-12(19-2)7-5-9-14(15)21-16-18-11-6-3-4-8-13(11)20-16/h3-10H,17H2,1-2H3. The van der Waals surface area contributed by atoms with Gasteiger partial charge in [-0.3, -0.25) is 0 Å². The molecule has 5 heteroatoms. The number of thiazole rings is 1. The predicted molar refractivity (Wildman–Crippen MR) is 89.3 cm³/mol. The number of para-hydroxylation sites is 1. The van der Waals surface area contributed by atoms with Crippen molar-refractivity contribution in [1.29, 1.82) is 0 Å². The highest BCUT2D eigenvalue weighted by Gasteiger charge is 2.15. The maximum atomic E-state index is 6.11. The molecule has 0 aliphatic heterocycles. The fraction of sp³-hybridized carbons (Fsp3) is 0.188. The number of methoxy groups -OCH3 is 1. The summed E-state index contributed by atoms with van der Waals surface area (Å²) in [4.78, 5) is 5.76. The third-order valence-corrected chi connectivity index (χ3v) is 5.35. The Balaban J connectivity index is 2.01. The first-order valence-corrected chi connectivity index (χ1v) is 8.28. The van der Waals surface area contributed by atoms with Crippen LogP contribution in [0.2, 0.25) is 0 Å². The zero-order valence-corrected chi connectivity index (χ0v) is 13.5. The fourth-order valence-electron chi connectivity index (χ4n) is 2.23. The molecular formula is C16H16N2OS2. The maximum Gasteiger partial charge on any atom is 0.155 e. The van der Waals surface area contributed by atoms with Gasteiger partial charge in [-0.05, 0) is 31.2 Å². The minimum Gasteiger partial charge on any atom is -0.496 e. The Morgan fingerprint density at radius 3 is 2.71 bits per heavy atom. The van der Waals surface area contributed by atoms with Gasteiger partial charge in [0.15, 0.2) is 4.34 Å². The number of nitrogens with two attached hydrogens (primary N) is 1. The van der Waals surface area contributed by atoms with Gasteiger partial charge in [0, 0.05) is 16.5 Å². The molecule has 3 rings (SSSR count). The molecule has 1 heterocycles. The Morgan fingerprint density at radius 1 is 1.19 bits per heavy atom. The highest BCUT2D eigenvalue weighted by Crippen LogP contribution is 2.40. The van der Waals surface area contributed by atoms with Crippen molar-refractivity contribution >= 4 is 33.3 Å². The van der Waals surface area contributed by atoms with Gasteiger partial charge in [-0.2, -0.15) is 0 Å². The Labute approximate surface area is 132 Å². The fourth-order valence-corrected chi connectivity index (χ4v) is 4.51. The lowest BCUT2D eigenvalue weighted by atomic mass is 10.1. The largest absolute Gasteiger partial charge is 0.496 e. The zero-order chi connectivity index (χ0) is 14.8. The zero-order valence-electron chi connectivity index (χ0n) is 11.9. The number of aromatic nitrogens is 1. The van der Waals surface area contributed by atoms with E-state index >= 15 is 0 Å². The Kier molecular flexibility index (Phi) is 4.14. The number of hydrogen-bond acceptors (Lipinski definition) is 5. The highest BCUT2D eigenvalue weighted by atomic mass is 32.2. The van der Waals surface area contributed by atoms with Crippen molar-refractivity contribution in [3.63, 3.8) is 0 Å². The van der Waals surface area contributed by atoms with E-state index in [-0.39, 0.29) is 6.04 Å². The number of fused-ring (bicyclic) bond motifs is 1. The SMILES string of the molecule is COc1cccc(Sc2nc3ccccc3s2)c1C(C)N. The van der Waals surface area contributed by atoms with Crippen LogP contribution < -0.4 is 10.5 Å². The van der Waals surface area contributed by atoms with E-state index in [9.17, 15) is 0 Å². The molecule has 1 unspecified atom stereocenters. The van der Waals surface area contributed by atoms with Crippen molar-refractivity contribution in [3.8, 4) is 5.75 Å². The number of benzene rings is 2. The quantitative estimate of drug-likeness (QED) is 0.771. The molecule has 0 fully saturated rings. The summed E-state index contributed by atoms with van der Waals surface area (Å²) in [5.41, 5.74) is 8.18. The summed E-state index contributed by atoms with van der Waals surface area (Å²) in [6.45, 7) is 1.97. The van der Waals surface area contributed by atoms with Crippen molar-refractivity contribution in [2.24, 2.45) is 5.73 Å². The van der Waals surface area contributed by atoms with Gasteiger partial charge >= 0.3 is 0 Å². The normalized spacial score (nSPS) is 12.5. The third kappa shape index (κ3) is 2.90. The average Bonchev–Trinajstić information content (AvgIpc) is 2.88. The van der Waals surface area contributed by atoms with Gasteiger partial charge in [0.05, 0.1) is 17.3 Å². The first-order chi connectivity index (χ1) is 10.2. The average molecular weight is 316 g/mol. The molecule has 1 aromatic heterocycles. The van der Waals surface area contributed by atoms with Crippen LogP contribution in [0.25, 0.3) is 10.2 Å². The summed E-state index contributed by atoms with van der Waals surface area (Å²) in [5, 5.41) is 0. The second kappa shape index (κ2) is 6.05. The lowest BCUT2D eigenvalue weighted by Crippen LogP contribution is -2.08. The van der Waals surface area contributed by atoms with E-state index in [4.69, 9.17) is 10.5 Å². The van der Waals surface area contributed by atoms with Gasteiger partial charge in [0.2, 0.25) is 0 Å². The molecule has 21 heavy (non-hydrogen) atoms. The molecule has 0 amide bonds. The molecule has 0 saturated heterocycles. The number of ether oxygens (including phenoxy) is 1. The number of rotatable bonds is 4. The molecule has 0 radical (unpaired) electrons. The molecule has 0 aliphatic carbocycles. The number of nitrogens with zero attached hydrogens (tertiary/aromatic N) is 1. The smallest absolute Gasteiger partial charge is 0.155 e. The molecular weight excluding hydrogens is 300 g/mol. The topological polar surface area (TPSA) is 48.1 Å². The molecule has 2 aromatic carbocycles. The maximum absolute atomic E-state index is 6.11. The molecule has 1 atom stereocenters. The van der Waals surface area contributed by atoms with Gasteiger partial charge in [-0.1, -0.05) is 30.0 Å². The van der Waals surface area contributed by atoms with Gasteiger partial charge in [-0.15, -0.1) is 11.3 Å². The molecule has 3 aromatic rings. The van der Waals surface area contributed by atoms with Crippen molar-refractivity contribution < 1.29 is 4.74 Å². The van der Waals surface area contributed by atoms with E-state index in [2.05, 4.69) is 17.1 Å². The van der Waals surface area contributed by atoms with Crippen molar-refractivity contribution in [3.05, 3.63) is 48.0 Å². The van der Waals surface area contributed by atoms with E-state index in [1.807, 2.05) is 37.3 Å². The van der Waals surface area contributed by atoms with Crippen molar-refractivity contribution in [2.45, 2.75) is 22.2 Å². The van der Waals surface area contributed by atoms with Crippen LogP contribution in [0.15, 0.2) is 51.7 Å². The van der Waals surface area contributed by atoms with Gasteiger partial charge in [0.25, 0.3) is 0 Å². The van der Waals surface area contributed by atoms with Crippen LogP contribution in [0.4, 0.5) is 0 Å². The third-order valence-electron chi connectivity index (χ3n) is 3.17. The van der Waals surface area contributed by atoms with Crippen LogP contribution >= 0.6 is 23.1 Å². The lowest BCUT2D eigenvalue weighted by Gasteiger charge is -2.15. The van der Waals surface area contributed by atoms with Crippen molar-refractivity contribution in [2.75, 3.05) is 7.11 Å². The molecule has 0 spiro atoms. The van der Waals surface area contributed by atoms with Crippen LogP contribution in [0, 0.1) is 0 Å². The summed E-state index contributed by atoms with van der Waals surface area (Å²) in [5.74, 6) is 0.830.